The van der Waals surface area contributed by atoms with E-state index in [0.717, 1.165) is 19.5 Å². The molecule has 0 aliphatic carbocycles. The Bertz CT molecular complexity index is 1510. The van der Waals surface area contributed by atoms with Gasteiger partial charge in [-0.15, -0.1) is 0 Å². The van der Waals surface area contributed by atoms with Crippen LogP contribution in [0.5, 0.6) is 5.75 Å². The van der Waals surface area contributed by atoms with E-state index in [9.17, 15) is 27.9 Å². The molecule has 1 unspecified atom stereocenters. The maximum Gasteiger partial charge on any atom is 0.362 e. The molecule has 4 atom stereocenters. The van der Waals surface area contributed by atoms with Crippen LogP contribution >= 0.6 is 11.5 Å². The summed E-state index contributed by atoms with van der Waals surface area (Å²) in [7, 11) is -4.83. The Morgan fingerprint density at radius 2 is 2.05 bits per heavy atom. The summed E-state index contributed by atoms with van der Waals surface area (Å²) in [5.41, 5.74) is 11.7. The van der Waals surface area contributed by atoms with Crippen LogP contribution in [0.1, 0.15) is 24.7 Å². The van der Waals surface area contributed by atoms with E-state index in [1.165, 1.54) is 6.92 Å². The maximum atomic E-state index is 12.9. The van der Waals surface area contributed by atoms with Gasteiger partial charge < -0.3 is 36.8 Å². The van der Waals surface area contributed by atoms with Crippen LogP contribution in [0.4, 0.5) is 5.13 Å². The van der Waals surface area contributed by atoms with Gasteiger partial charge in [-0.3, -0.25) is 19.1 Å². The second-order valence-electron chi connectivity index (χ2n) is 9.13. The molecule has 2 amide bonds. The number of carbonyl (C=O) groups excluding carboxylic acids is 2. The minimum atomic E-state index is -4.83. The lowest BCUT2D eigenvalue weighted by molar-refractivity contribution is -0.152. The number of aromatic nitrogens is 2. The Morgan fingerprint density at radius 1 is 1.33 bits per heavy atom. The van der Waals surface area contributed by atoms with Gasteiger partial charge in [0.25, 0.3) is 17.9 Å². The molecular weight excluding hydrogens is 598 g/mol. The summed E-state index contributed by atoms with van der Waals surface area (Å²) in [5.74, 6) is -3.36. The Morgan fingerprint density at radius 3 is 2.60 bits per heavy atom. The van der Waals surface area contributed by atoms with Crippen LogP contribution in [0.2, 0.25) is 0 Å². The molecule has 20 heteroatoms. The smallest absolute Gasteiger partial charge is 0.362 e. The molecule has 226 valence electrons. The molecule has 8 N–H and O–H groups in total. The van der Waals surface area contributed by atoms with Gasteiger partial charge in [-0.1, -0.05) is 5.16 Å². The molecule has 18 nitrogen and oxygen atoms in total. The first-order valence-corrected chi connectivity index (χ1v) is 14.5. The molecule has 2 saturated heterocycles. The van der Waals surface area contributed by atoms with Crippen LogP contribution in [-0.2, 0) is 29.5 Å². The van der Waals surface area contributed by atoms with Gasteiger partial charge in [0.1, 0.15) is 24.2 Å². The molecule has 0 saturated carbocycles. The number of nitrogens with one attached hydrogen (secondary N) is 2. The number of oxime groups is 1. The largest absolute Gasteiger partial charge is 0.489 e. The van der Waals surface area contributed by atoms with Crippen molar-refractivity contribution < 1.29 is 42.0 Å². The van der Waals surface area contributed by atoms with Crippen LogP contribution < -0.4 is 26.8 Å². The third-order valence-electron chi connectivity index (χ3n) is 6.19. The molecule has 2 fully saturated rings. The van der Waals surface area contributed by atoms with E-state index in [1.54, 1.807) is 24.3 Å². The van der Waals surface area contributed by atoms with Gasteiger partial charge in [-0.25, -0.2) is 9.10 Å². The van der Waals surface area contributed by atoms with Crippen molar-refractivity contribution in [2.45, 2.75) is 37.6 Å². The zero-order chi connectivity index (χ0) is 30.6. The van der Waals surface area contributed by atoms with Gasteiger partial charge in [-0.05, 0) is 44.2 Å². The third kappa shape index (κ3) is 7.08. The summed E-state index contributed by atoms with van der Waals surface area (Å²) in [6.07, 6.45) is -0.815. The first-order valence-electron chi connectivity index (χ1n) is 12.3. The topological polar surface area (TPSA) is 274 Å². The lowest BCUT2D eigenvalue weighted by Gasteiger charge is -2.42. The number of hydrogen-bond donors (Lipinski definition) is 6. The Labute approximate surface area is 242 Å². The molecule has 2 aliphatic rings. The third-order valence-corrected chi connectivity index (χ3v) is 7.75. The summed E-state index contributed by atoms with van der Waals surface area (Å²) in [6, 6.07) is 4.09. The number of carboxylic acid groups (broad SMARTS) is 1. The molecule has 4 rings (SSSR count). The maximum absolute atomic E-state index is 12.9. The zero-order valence-corrected chi connectivity index (χ0v) is 23.5. The second-order valence-corrected chi connectivity index (χ2v) is 11.2. The predicted molar refractivity (Wildman–Crippen MR) is 147 cm³/mol. The van der Waals surface area contributed by atoms with Gasteiger partial charge in [0.2, 0.25) is 11.5 Å². The minimum absolute atomic E-state index is 0.0525. The van der Waals surface area contributed by atoms with Crippen molar-refractivity contribution in [2.24, 2.45) is 15.9 Å². The molecule has 42 heavy (non-hydrogen) atoms. The van der Waals surface area contributed by atoms with Crippen LogP contribution in [0, 0.1) is 0 Å². The number of rotatable bonds is 12. The minimum Gasteiger partial charge on any atom is -0.489 e. The average molecular weight is 626 g/mol. The Hall–Kier alpha value is -4.40. The monoisotopic (exact) mass is 625 g/mol. The molecule has 1 aromatic carbocycles. The second kappa shape index (κ2) is 12.6. The van der Waals surface area contributed by atoms with Crippen molar-refractivity contribution in [1.29, 1.82) is 0 Å². The highest BCUT2D eigenvalue weighted by molar-refractivity contribution is 7.84. The van der Waals surface area contributed by atoms with Gasteiger partial charge in [0, 0.05) is 23.6 Å². The standard InChI is InChI=1S/C22H27N9O9S2/c1-10-15(20(33)31(10)42(36,37)38)27-19(32)16(18-28-22(24)41-30-18)29-40-14(21(34)35)9-39-13-4-2-11(3-5-13)17(23)26-12-6-7-25-8-12/h2-5,10,12,14-15,25H,6-9H2,1H3,(H2,23,26)(H,27,32)(H,34,35)(H2,24,28,30)(H,36,37,38)/b29-16-/t10-,12+,14?,15-/m0/s1. The van der Waals surface area contributed by atoms with Crippen LogP contribution in [-0.4, -0.2) is 105 Å². The van der Waals surface area contributed by atoms with E-state index < -0.39 is 58.6 Å². The van der Waals surface area contributed by atoms with Crippen molar-refractivity contribution in [3.63, 3.8) is 0 Å². The lowest BCUT2D eigenvalue weighted by atomic mass is 10.0. The van der Waals surface area contributed by atoms with E-state index in [-0.39, 0.29) is 21.3 Å². The van der Waals surface area contributed by atoms with Crippen molar-refractivity contribution in [2.75, 3.05) is 25.4 Å². The van der Waals surface area contributed by atoms with Gasteiger partial charge in [-0.2, -0.15) is 17.8 Å². The fourth-order valence-corrected chi connectivity index (χ4v) is 5.32. The number of nitrogen functional groups attached to an aromatic ring is 1. The number of hydrogen-bond acceptors (Lipinski definition) is 14. The fraction of sp³-hybridized carbons (Fsp3) is 0.409. The number of carbonyl (C=O) groups is 3. The number of anilines is 1. The highest BCUT2D eigenvalue weighted by atomic mass is 32.2. The summed E-state index contributed by atoms with van der Waals surface area (Å²) in [5, 5.41) is 18.6. The highest BCUT2D eigenvalue weighted by Crippen LogP contribution is 2.23. The number of amides is 2. The zero-order valence-electron chi connectivity index (χ0n) is 21.9. The van der Waals surface area contributed by atoms with Crippen LogP contribution in [0.25, 0.3) is 0 Å². The van der Waals surface area contributed by atoms with Gasteiger partial charge >= 0.3 is 16.3 Å². The van der Waals surface area contributed by atoms with Crippen molar-refractivity contribution in [3.05, 3.63) is 35.7 Å². The van der Waals surface area contributed by atoms with Crippen LogP contribution in [0.15, 0.2) is 34.4 Å². The number of nitrogens with two attached hydrogens (primary N) is 2. The Kier molecular flexibility index (Phi) is 9.19. The lowest BCUT2D eigenvalue weighted by Crippen LogP contribution is -2.71. The molecular formula is C22H27N9O9S2. The number of carboxylic acids is 1. The Balaban J connectivity index is 1.43. The SMILES string of the molecule is C[C@H]1[C@H](NC(=O)/C(=N\OC(COc2ccc(C(N)=N[C@@H]3CCNC3)cc2)C(=O)O)c2nsc(N)n2)C(=O)N1S(=O)(=O)O. The van der Waals surface area contributed by atoms with Gasteiger partial charge in [0.15, 0.2) is 5.13 Å². The van der Waals surface area contributed by atoms with Crippen molar-refractivity contribution >= 4 is 56.3 Å². The molecule has 0 bridgehead atoms. The molecule has 0 radical (unpaired) electrons. The number of benzene rings is 1. The van der Waals surface area contributed by atoms with E-state index >= 15 is 0 Å². The quantitative estimate of drug-likeness (QED) is 0.0487. The number of amidine groups is 1. The van der Waals surface area contributed by atoms with E-state index in [4.69, 9.17) is 25.6 Å². The van der Waals surface area contributed by atoms with E-state index in [0.29, 0.717) is 28.7 Å². The van der Waals surface area contributed by atoms with Crippen LogP contribution in [0.3, 0.4) is 0 Å². The highest BCUT2D eigenvalue weighted by Gasteiger charge is 2.51. The summed E-state index contributed by atoms with van der Waals surface area (Å²) in [4.78, 5) is 50.3. The summed E-state index contributed by atoms with van der Waals surface area (Å²) < 4.78 is 41.4. The fourth-order valence-electron chi connectivity index (χ4n) is 4.01. The number of ether oxygens (including phenoxy) is 1. The molecule has 0 spiro atoms. The van der Waals surface area contributed by atoms with Crippen molar-refractivity contribution in [3.8, 4) is 5.75 Å². The molecule has 2 aromatic rings. The molecule has 2 aliphatic heterocycles. The van der Waals surface area contributed by atoms with E-state index in [2.05, 4.69) is 30.1 Å². The molecule has 1 aromatic heterocycles. The number of aliphatic carboxylic acids is 1. The van der Waals surface area contributed by atoms with Gasteiger partial charge in [0.05, 0.1) is 12.1 Å². The number of aliphatic imine (C=N–C) groups is 1. The summed E-state index contributed by atoms with van der Waals surface area (Å²) in [6.45, 7) is 2.37. The average Bonchev–Trinajstić information content (AvgIpc) is 3.60. The predicted octanol–water partition coefficient (Wildman–Crippen LogP) is -2.04. The summed E-state index contributed by atoms with van der Waals surface area (Å²) >= 11 is 0.705. The van der Waals surface area contributed by atoms with E-state index in [1.807, 2.05) is 0 Å². The normalized spacial score (nSPS) is 21.9. The number of nitrogens with zero attached hydrogens (tertiary/aromatic N) is 5. The first kappa shape index (κ1) is 30.6. The number of β-lactam (4-membered cyclic amide) rings is 1. The first-order chi connectivity index (χ1) is 19.8. The molecule has 3 heterocycles. The van der Waals surface area contributed by atoms with Crippen molar-refractivity contribution in [1.82, 2.24) is 24.3 Å².